The highest BCUT2D eigenvalue weighted by atomic mass is 35.5. The Labute approximate surface area is 175 Å². The Balaban J connectivity index is 0.000000310. The number of likely N-dealkylation sites (tertiary alicyclic amines) is 1. The summed E-state index contributed by atoms with van der Waals surface area (Å²) in [6.07, 6.45) is -0.343. The number of fused-ring (bicyclic) bond motifs is 1. The summed E-state index contributed by atoms with van der Waals surface area (Å²) in [5, 5.41) is 12.9. The second-order valence-electron chi connectivity index (χ2n) is 7.18. The molecule has 2 aromatic heterocycles. The van der Waals surface area contributed by atoms with Crippen molar-refractivity contribution in [2.75, 3.05) is 38.6 Å². The summed E-state index contributed by atoms with van der Waals surface area (Å²) in [4.78, 5) is 9.24. The first-order chi connectivity index (χ1) is 14.2. The summed E-state index contributed by atoms with van der Waals surface area (Å²) >= 11 is 5.98. The van der Waals surface area contributed by atoms with Gasteiger partial charge >= 0.3 is 12.2 Å². The number of alkyl halides is 3. The van der Waals surface area contributed by atoms with Gasteiger partial charge in [0.2, 0.25) is 5.95 Å². The molecule has 3 N–H and O–H groups in total. The van der Waals surface area contributed by atoms with Crippen LogP contribution in [0.15, 0.2) is 6.20 Å². The third-order valence-corrected chi connectivity index (χ3v) is 4.96. The van der Waals surface area contributed by atoms with Crippen molar-refractivity contribution in [1.82, 2.24) is 24.5 Å². The molecule has 1 atom stereocenters. The summed E-state index contributed by atoms with van der Waals surface area (Å²) in [5.41, 5.74) is 5.98. The third kappa shape index (κ3) is 6.56. The zero-order valence-corrected chi connectivity index (χ0v) is 16.9. The number of ether oxygens (including phenoxy) is 2. The first-order valence-corrected chi connectivity index (χ1v) is 9.97. The summed E-state index contributed by atoms with van der Waals surface area (Å²) < 4.78 is 49.1. The molecular weight excluding hydrogens is 429 g/mol. The molecule has 0 aliphatic carbocycles. The van der Waals surface area contributed by atoms with Gasteiger partial charge in [-0.1, -0.05) is 11.6 Å². The minimum absolute atomic E-state index is 0.0383. The Morgan fingerprint density at radius 3 is 2.60 bits per heavy atom. The monoisotopic (exact) mass is 452 g/mol. The van der Waals surface area contributed by atoms with Crippen LogP contribution in [0, 0.1) is 0 Å². The predicted octanol–water partition coefficient (Wildman–Crippen LogP) is 1.92. The van der Waals surface area contributed by atoms with Gasteiger partial charge in [-0.3, -0.25) is 4.90 Å². The number of anilines is 1. The fraction of sp³-hybridized carbons (Fsp3) is 0.706. The molecule has 13 heteroatoms. The molecule has 9 nitrogen and oxygen atoms in total. The average molecular weight is 453 g/mol. The Bertz CT molecular complexity index is 823. The van der Waals surface area contributed by atoms with Gasteiger partial charge in [-0.05, 0) is 25.7 Å². The van der Waals surface area contributed by atoms with Crippen molar-refractivity contribution in [1.29, 1.82) is 0 Å². The largest absolute Gasteiger partial charge is 0.460 e. The molecule has 2 saturated heterocycles. The quantitative estimate of drug-likeness (QED) is 0.726. The summed E-state index contributed by atoms with van der Waals surface area (Å²) in [6, 6.07) is 0.161. The van der Waals surface area contributed by atoms with Gasteiger partial charge in [-0.2, -0.15) is 22.7 Å². The molecule has 0 spiro atoms. The number of aromatic nitrogens is 4. The number of halogens is 4. The molecule has 1 unspecified atom stereocenters. The van der Waals surface area contributed by atoms with Crippen LogP contribution in [0.25, 0.3) is 5.52 Å². The molecule has 0 bridgehead atoms. The lowest BCUT2D eigenvalue weighted by molar-refractivity contribution is -0.149. The van der Waals surface area contributed by atoms with Crippen LogP contribution in [0.5, 0.6) is 6.01 Å². The minimum Gasteiger partial charge on any atom is -0.460 e. The first-order valence-electron chi connectivity index (χ1n) is 9.59. The van der Waals surface area contributed by atoms with E-state index in [1.54, 1.807) is 0 Å². The van der Waals surface area contributed by atoms with Crippen LogP contribution < -0.4 is 10.5 Å². The number of piperidine rings is 1. The highest BCUT2D eigenvalue weighted by molar-refractivity contribution is 6.32. The van der Waals surface area contributed by atoms with E-state index >= 15 is 0 Å². The maximum absolute atomic E-state index is 12.4. The smallest absolute Gasteiger partial charge is 0.401 e. The molecule has 168 valence electrons. The van der Waals surface area contributed by atoms with Crippen molar-refractivity contribution in [3.8, 4) is 6.01 Å². The van der Waals surface area contributed by atoms with Crippen molar-refractivity contribution in [3.05, 3.63) is 11.3 Å². The average Bonchev–Trinajstić information content (AvgIpc) is 2.98. The van der Waals surface area contributed by atoms with Gasteiger partial charge < -0.3 is 20.3 Å². The van der Waals surface area contributed by atoms with E-state index < -0.39 is 12.7 Å². The van der Waals surface area contributed by atoms with E-state index in [9.17, 15) is 13.2 Å². The number of nitrogen functional groups attached to an aromatic ring is 1. The van der Waals surface area contributed by atoms with E-state index in [2.05, 4.69) is 15.1 Å². The number of rotatable bonds is 3. The normalized spacial score (nSPS) is 21.3. The number of nitrogens with zero attached hydrogens (tertiary/aromatic N) is 5. The molecule has 4 rings (SSSR count). The lowest BCUT2D eigenvalue weighted by atomic mass is 10.1. The van der Waals surface area contributed by atoms with E-state index in [0.29, 0.717) is 38.1 Å². The Hall–Kier alpha value is -1.89. The molecule has 2 aliphatic heterocycles. The second kappa shape index (κ2) is 9.94. The lowest BCUT2D eigenvalue weighted by Gasteiger charge is -2.31. The number of hydrogen-bond donors (Lipinski definition) is 2. The minimum atomic E-state index is -4.19. The van der Waals surface area contributed by atoms with Gasteiger partial charge in [0.25, 0.3) is 0 Å². The molecule has 0 saturated carbocycles. The Morgan fingerprint density at radius 2 is 2.03 bits per heavy atom. The SMILES string of the molecule is Nc1ncc2c(Cl)nc(OC3CCN(CC(F)(F)F)CC3)n2n1.OC1CCCOC1. The van der Waals surface area contributed by atoms with Gasteiger partial charge in [-0.15, -0.1) is 5.10 Å². The van der Waals surface area contributed by atoms with E-state index in [-0.39, 0.29) is 29.3 Å². The van der Waals surface area contributed by atoms with Crippen LogP contribution in [0.4, 0.5) is 19.1 Å². The van der Waals surface area contributed by atoms with Gasteiger partial charge in [0.15, 0.2) is 5.15 Å². The topological polar surface area (TPSA) is 111 Å². The van der Waals surface area contributed by atoms with Crippen LogP contribution in [-0.2, 0) is 4.74 Å². The molecule has 2 fully saturated rings. The molecule has 0 amide bonds. The van der Waals surface area contributed by atoms with E-state index in [0.717, 1.165) is 19.4 Å². The maximum atomic E-state index is 12.4. The number of hydrogen-bond acceptors (Lipinski definition) is 8. The molecule has 0 aromatic carbocycles. The van der Waals surface area contributed by atoms with Gasteiger partial charge in [0, 0.05) is 19.7 Å². The van der Waals surface area contributed by atoms with E-state index in [1.165, 1.54) is 15.6 Å². The molecule has 2 aromatic rings. The summed E-state index contributed by atoms with van der Waals surface area (Å²) in [5.74, 6) is 0.0383. The van der Waals surface area contributed by atoms with Crippen LogP contribution in [0.1, 0.15) is 25.7 Å². The number of imidazole rings is 1. The summed E-state index contributed by atoms with van der Waals surface area (Å²) in [7, 11) is 0. The van der Waals surface area contributed by atoms with Crippen molar-refractivity contribution < 1.29 is 27.8 Å². The number of aliphatic hydroxyl groups is 1. The van der Waals surface area contributed by atoms with E-state index in [1.807, 2.05) is 0 Å². The zero-order chi connectivity index (χ0) is 21.7. The third-order valence-electron chi connectivity index (χ3n) is 4.68. The molecule has 2 aliphatic rings. The molecule has 4 heterocycles. The van der Waals surface area contributed by atoms with Crippen molar-refractivity contribution in [3.63, 3.8) is 0 Å². The van der Waals surface area contributed by atoms with Crippen molar-refractivity contribution in [2.45, 2.75) is 44.1 Å². The van der Waals surface area contributed by atoms with Gasteiger partial charge in [-0.25, -0.2) is 4.98 Å². The fourth-order valence-corrected chi connectivity index (χ4v) is 3.43. The Morgan fingerprint density at radius 1 is 1.30 bits per heavy atom. The Kier molecular flexibility index (Phi) is 7.55. The number of nitrogens with two attached hydrogens (primary N) is 1. The van der Waals surface area contributed by atoms with Crippen molar-refractivity contribution in [2.24, 2.45) is 0 Å². The van der Waals surface area contributed by atoms with Crippen LogP contribution in [0.3, 0.4) is 0 Å². The van der Waals surface area contributed by atoms with Crippen LogP contribution >= 0.6 is 11.6 Å². The lowest BCUT2D eigenvalue weighted by Crippen LogP contribution is -2.43. The molecular formula is C17H24ClF3N6O3. The highest BCUT2D eigenvalue weighted by Gasteiger charge is 2.33. The highest BCUT2D eigenvalue weighted by Crippen LogP contribution is 2.25. The number of aliphatic hydroxyl groups excluding tert-OH is 1. The zero-order valence-electron chi connectivity index (χ0n) is 16.2. The standard InChI is InChI=1S/C12H14ClF3N6O.C5H10O2/c13-9-8-5-18-10(17)20-22(8)11(19-9)23-7-1-3-21(4-2-7)6-12(14,15)16;6-5-2-1-3-7-4-5/h5,7H,1-4,6H2,(H2,17,20);5-6H,1-4H2. The fourth-order valence-electron chi connectivity index (χ4n) is 3.23. The summed E-state index contributed by atoms with van der Waals surface area (Å²) in [6.45, 7) is 1.08. The molecule has 0 radical (unpaired) electrons. The maximum Gasteiger partial charge on any atom is 0.401 e. The first kappa shape index (κ1) is 22.8. The van der Waals surface area contributed by atoms with E-state index in [4.69, 9.17) is 31.9 Å². The van der Waals surface area contributed by atoms with Crippen LogP contribution in [0.2, 0.25) is 5.15 Å². The van der Waals surface area contributed by atoms with Crippen LogP contribution in [-0.4, -0.2) is 80.8 Å². The van der Waals surface area contributed by atoms with Gasteiger partial charge in [0.1, 0.15) is 11.6 Å². The predicted molar refractivity (Wildman–Crippen MR) is 102 cm³/mol. The molecule has 30 heavy (non-hydrogen) atoms. The second-order valence-corrected chi connectivity index (χ2v) is 7.54. The van der Waals surface area contributed by atoms with Gasteiger partial charge in [0.05, 0.1) is 25.5 Å². The van der Waals surface area contributed by atoms with Crippen molar-refractivity contribution >= 4 is 23.1 Å².